The van der Waals surface area contributed by atoms with Crippen molar-refractivity contribution in [3.05, 3.63) is 84.4 Å². The number of nitrogens with one attached hydrogen (secondary N) is 1. The van der Waals surface area contributed by atoms with E-state index in [2.05, 4.69) is 10.2 Å². The first-order chi connectivity index (χ1) is 17.0. The lowest BCUT2D eigenvalue weighted by molar-refractivity contribution is 0.180. The van der Waals surface area contributed by atoms with Crippen molar-refractivity contribution in [2.24, 2.45) is 0 Å². The maximum Gasteiger partial charge on any atom is 0.167 e. The van der Waals surface area contributed by atoms with Crippen LogP contribution in [0.3, 0.4) is 0 Å². The SMILES string of the molecule is Oc1ccc2cc(-c3cc(F)ccc3Nc3ccc(OCCN4CCCCC4)c(F)c3)ccc2c1. The largest absolute Gasteiger partial charge is 0.508 e. The third kappa shape index (κ3) is 5.54. The molecule has 0 atom stereocenters. The second kappa shape index (κ2) is 10.3. The molecule has 0 aliphatic carbocycles. The van der Waals surface area contributed by atoms with Crippen LogP contribution >= 0.6 is 0 Å². The minimum atomic E-state index is -0.442. The van der Waals surface area contributed by atoms with Crippen LogP contribution in [0.4, 0.5) is 20.2 Å². The summed E-state index contributed by atoms with van der Waals surface area (Å²) in [5.41, 5.74) is 2.66. The minimum absolute atomic E-state index is 0.194. The molecule has 2 N–H and O–H groups in total. The molecule has 0 radical (unpaired) electrons. The maximum atomic E-state index is 14.8. The number of halogens is 2. The molecule has 4 aromatic carbocycles. The van der Waals surface area contributed by atoms with Gasteiger partial charge in [0, 0.05) is 29.5 Å². The van der Waals surface area contributed by atoms with Crippen molar-refractivity contribution >= 4 is 22.1 Å². The molecule has 0 saturated carbocycles. The van der Waals surface area contributed by atoms with Crippen LogP contribution in [0.5, 0.6) is 11.5 Å². The Morgan fingerprint density at radius 2 is 1.63 bits per heavy atom. The molecule has 1 aliphatic heterocycles. The van der Waals surface area contributed by atoms with Crippen LogP contribution in [0.1, 0.15) is 19.3 Å². The molecule has 0 amide bonds. The van der Waals surface area contributed by atoms with Gasteiger partial charge in [0.2, 0.25) is 0 Å². The average molecular weight is 475 g/mol. The lowest BCUT2D eigenvalue weighted by Crippen LogP contribution is -2.33. The van der Waals surface area contributed by atoms with E-state index in [4.69, 9.17) is 4.74 Å². The number of phenolic OH excluding ortho intramolecular Hbond substituents is 1. The van der Waals surface area contributed by atoms with Crippen molar-refractivity contribution in [3.8, 4) is 22.6 Å². The van der Waals surface area contributed by atoms with Crippen molar-refractivity contribution < 1.29 is 18.6 Å². The molecule has 6 heteroatoms. The molecule has 0 unspecified atom stereocenters. The van der Waals surface area contributed by atoms with Gasteiger partial charge in [-0.05, 0) is 90.8 Å². The van der Waals surface area contributed by atoms with E-state index in [1.54, 1.807) is 30.3 Å². The number of ether oxygens (including phenoxy) is 1. The van der Waals surface area contributed by atoms with E-state index >= 15 is 0 Å². The van der Waals surface area contributed by atoms with Gasteiger partial charge < -0.3 is 15.2 Å². The Labute approximate surface area is 203 Å². The van der Waals surface area contributed by atoms with Crippen molar-refractivity contribution in [2.45, 2.75) is 19.3 Å². The number of benzene rings is 4. The standard InChI is InChI=1S/C29H28F2N2O2/c30-23-7-10-28(26(18-23)22-5-4-21-17-25(34)9-6-20(21)16-22)32-24-8-11-29(27(31)19-24)35-15-14-33-12-2-1-3-13-33/h4-11,16-19,32,34H,1-3,12-15H2. The number of hydrogen-bond acceptors (Lipinski definition) is 4. The van der Waals surface area contributed by atoms with Crippen LogP contribution in [-0.2, 0) is 0 Å². The third-order valence-corrected chi connectivity index (χ3v) is 6.44. The molecule has 1 fully saturated rings. The van der Waals surface area contributed by atoms with Gasteiger partial charge in [0.1, 0.15) is 18.2 Å². The van der Waals surface area contributed by atoms with Crippen LogP contribution in [0.2, 0.25) is 0 Å². The molecular formula is C29H28F2N2O2. The summed E-state index contributed by atoms with van der Waals surface area (Å²) in [6.45, 7) is 3.40. The molecule has 1 saturated heterocycles. The Bertz CT molecular complexity index is 1340. The first kappa shape index (κ1) is 23.1. The van der Waals surface area contributed by atoms with Crippen molar-refractivity contribution in [1.82, 2.24) is 4.90 Å². The van der Waals surface area contributed by atoms with Crippen molar-refractivity contribution in [1.29, 1.82) is 0 Å². The summed E-state index contributed by atoms with van der Waals surface area (Å²) in [6.07, 6.45) is 3.70. The van der Waals surface area contributed by atoms with E-state index in [0.717, 1.165) is 36.0 Å². The normalized spacial score (nSPS) is 14.2. The van der Waals surface area contributed by atoms with Crippen LogP contribution in [-0.4, -0.2) is 36.2 Å². The summed E-state index contributed by atoms with van der Waals surface area (Å²) < 4.78 is 34.6. The van der Waals surface area contributed by atoms with E-state index in [1.165, 1.54) is 37.5 Å². The average Bonchev–Trinajstić information content (AvgIpc) is 2.87. The molecule has 0 bridgehead atoms. The van der Waals surface area contributed by atoms with Gasteiger partial charge in [0.15, 0.2) is 11.6 Å². The molecular weight excluding hydrogens is 446 g/mol. The molecule has 0 aromatic heterocycles. The molecule has 35 heavy (non-hydrogen) atoms. The van der Waals surface area contributed by atoms with Gasteiger partial charge in [-0.15, -0.1) is 0 Å². The second-order valence-corrected chi connectivity index (χ2v) is 8.96. The molecule has 1 aliphatic rings. The number of rotatable bonds is 7. The zero-order valence-electron chi connectivity index (χ0n) is 19.4. The Morgan fingerprint density at radius 1 is 0.829 bits per heavy atom. The highest BCUT2D eigenvalue weighted by molar-refractivity contribution is 5.91. The number of piperidine rings is 1. The third-order valence-electron chi connectivity index (χ3n) is 6.44. The first-order valence-corrected chi connectivity index (χ1v) is 12.0. The number of nitrogens with zero attached hydrogens (tertiary/aromatic N) is 1. The monoisotopic (exact) mass is 474 g/mol. The number of anilines is 2. The Hall–Kier alpha value is -3.64. The molecule has 4 nitrogen and oxygen atoms in total. The molecule has 4 aromatic rings. The summed E-state index contributed by atoms with van der Waals surface area (Å²) in [7, 11) is 0. The van der Waals surface area contributed by atoms with Crippen LogP contribution in [0.25, 0.3) is 21.9 Å². The molecule has 5 rings (SSSR count). The van der Waals surface area contributed by atoms with Gasteiger partial charge in [-0.3, -0.25) is 4.90 Å². The number of fused-ring (bicyclic) bond motifs is 1. The van der Waals surface area contributed by atoms with E-state index in [9.17, 15) is 13.9 Å². The number of phenols is 1. The topological polar surface area (TPSA) is 44.7 Å². The van der Waals surface area contributed by atoms with Crippen molar-refractivity contribution in [2.75, 3.05) is 31.6 Å². The van der Waals surface area contributed by atoms with Gasteiger partial charge in [0.05, 0.1) is 0 Å². The highest BCUT2D eigenvalue weighted by atomic mass is 19.1. The van der Waals surface area contributed by atoms with Gasteiger partial charge in [-0.2, -0.15) is 0 Å². The van der Waals surface area contributed by atoms with E-state index < -0.39 is 5.82 Å². The van der Waals surface area contributed by atoms with Gasteiger partial charge in [0.25, 0.3) is 0 Å². The summed E-state index contributed by atoms with van der Waals surface area (Å²) >= 11 is 0. The van der Waals surface area contributed by atoms with Gasteiger partial charge in [-0.1, -0.05) is 24.6 Å². The highest BCUT2D eigenvalue weighted by Crippen LogP contribution is 2.34. The van der Waals surface area contributed by atoms with Crippen LogP contribution in [0.15, 0.2) is 72.8 Å². The zero-order valence-corrected chi connectivity index (χ0v) is 19.4. The maximum absolute atomic E-state index is 14.8. The second-order valence-electron chi connectivity index (χ2n) is 8.96. The molecule has 180 valence electrons. The first-order valence-electron chi connectivity index (χ1n) is 12.0. The fourth-order valence-electron chi connectivity index (χ4n) is 4.58. The Morgan fingerprint density at radius 3 is 2.46 bits per heavy atom. The van der Waals surface area contributed by atoms with E-state index in [1.807, 2.05) is 24.3 Å². The van der Waals surface area contributed by atoms with Crippen LogP contribution < -0.4 is 10.1 Å². The molecule has 1 heterocycles. The zero-order chi connectivity index (χ0) is 24.2. The highest BCUT2D eigenvalue weighted by Gasteiger charge is 2.13. The Kier molecular flexibility index (Phi) is 6.82. The summed E-state index contributed by atoms with van der Waals surface area (Å²) in [4.78, 5) is 2.35. The van der Waals surface area contributed by atoms with Crippen molar-refractivity contribution in [3.63, 3.8) is 0 Å². The summed E-state index contributed by atoms with van der Waals surface area (Å²) in [6, 6.07) is 20.1. The fourth-order valence-corrected chi connectivity index (χ4v) is 4.58. The summed E-state index contributed by atoms with van der Waals surface area (Å²) in [5.74, 6) is -0.383. The number of aromatic hydroxyl groups is 1. The van der Waals surface area contributed by atoms with Gasteiger partial charge >= 0.3 is 0 Å². The minimum Gasteiger partial charge on any atom is -0.508 e. The Balaban J connectivity index is 1.33. The lowest BCUT2D eigenvalue weighted by atomic mass is 9.99. The smallest absolute Gasteiger partial charge is 0.167 e. The van der Waals surface area contributed by atoms with E-state index in [-0.39, 0.29) is 17.3 Å². The molecule has 0 spiro atoms. The predicted octanol–water partition coefficient (Wildman–Crippen LogP) is 7.10. The number of likely N-dealkylation sites (tertiary alicyclic amines) is 1. The fraction of sp³-hybridized carbons (Fsp3) is 0.241. The predicted molar refractivity (Wildman–Crippen MR) is 136 cm³/mol. The number of hydrogen-bond donors (Lipinski definition) is 2. The quantitative estimate of drug-likeness (QED) is 0.300. The van der Waals surface area contributed by atoms with Crippen LogP contribution in [0, 0.1) is 11.6 Å². The summed E-state index contributed by atoms with van der Waals surface area (Å²) in [5, 5.41) is 14.7. The lowest BCUT2D eigenvalue weighted by Gasteiger charge is -2.26. The van der Waals surface area contributed by atoms with Gasteiger partial charge in [-0.25, -0.2) is 8.78 Å². The van der Waals surface area contributed by atoms with E-state index in [0.29, 0.717) is 23.5 Å².